The number of methoxy groups -OCH3 is 1. The van der Waals surface area contributed by atoms with Crippen molar-refractivity contribution in [3.63, 3.8) is 0 Å². The summed E-state index contributed by atoms with van der Waals surface area (Å²) in [4.78, 5) is 14.8. The molecule has 1 heterocycles. The van der Waals surface area contributed by atoms with Gasteiger partial charge in [-0.1, -0.05) is 36.4 Å². The van der Waals surface area contributed by atoms with Crippen LogP contribution in [0, 0.1) is 0 Å². The van der Waals surface area contributed by atoms with Crippen molar-refractivity contribution < 1.29 is 9.53 Å². The van der Waals surface area contributed by atoms with Gasteiger partial charge in [0.15, 0.2) is 0 Å². The van der Waals surface area contributed by atoms with Gasteiger partial charge in [0.25, 0.3) is 0 Å². The topological polar surface area (TPSA) is 29.5 Å². The van der Waals surface area contributed by atoms with E-state index < -0.39 is 5.41 Å². The van der Waals surface area contributed by atoms with E-state index in [4.69, 9.17) is 4.74 Å². The van der Waals surface area contributed by atoms with Gasteiger partial charge in [0.2, 0.25) is 5.91 Å². The van der Waals surface area contributed by atoms with Crippen LogP contribution in [0.3, 0.4) is 0 Å². The number of nitrogens with zero attached hydrogens (tertiary/aromatic N) is 1. The van der Waals surface area contributed by atoms with Gasteiger partial charge in [-0.05, 0) is 35.7 Å². The van der Waals surface area contributed by atoms with Crippen LogP contribution in [0.1, 0.15) is 17.5 Å². The van der Waals surface area contributed by atoms with E-state index in [1.807, 2.05) is 61.7 Å². The SMILES string of the molecule is C=CCC1(c2ccccc2)C(=O)N(C)c2ccc(OC)cc21. The first kappa shape index (κ1) is 14.4. The molecule has 0 radical (unpaired) electrons. The minimum Gasteiger partial charge on any atom is -0.497 e. The summed E-state index contributed by atoms with van der Waals surface area (Å²) in [6.07, 6.45) is 2.37. The number of benzene rings is 2. The zero-order valence-electron chi connectivity index (χ0n) is 12.9. The Morgan fingerprint density at radius 1 is 1.23 bits per heavy atom. The van der Waals surface area contributed by atoms with E-state index in [0.29, 0.717) is 6.42 Å². The highest BCUT2D eigenvalue weighted by molar-refractivity contribution is 6.10. The van der Waals surface area contributed by atoms with Gasteiger partial charge < -0.3 is 9.64 Å². The molecule has 0 spiro atoms. The van der Waals surface area contributed by atoms with Crippen molar-refractivity contribution in [1.29, 1.82) is 0 Å². The van der Waals surface area contributed by atoms with Crippen LogP contribution in [-0.2, 0) is 10.2 Å². The van der Waals surface area contributed by atoms with Crippen molar-refractivity contribution in [2.45, 2.75) is 11.8 Å². The molecule has 1 amide bonds. The Hall–Kier alpha value is -2.55. The predicted octanol–water partition coefficient (Wildman–Crippen LogP) is 3.53. The number of fused-ring (bicyclic) bond motifs is 1. The molecule has 1 atom stereocenters. The summed E-state index contributed by atoms with van der Waals surface area (Å²) in [6.45, 7) is 3.87. The lowest BCUT2D eigenvalue weighted by molar-refractivity contribution is -0.121. The number of ether oxygens (including phenoxy) is 1. The molecule has 3 heteroatoms. The molecule has 1 aliphatic heterocycles. The van der Waals surface area contributed by atoms with Crippen LogP contribution in [0.15, 0.2) is 61.2 Å². The fraction of sp³-hybridized carbons (Fsp3) is 0.211. The number of likely N-dealkylation sites (N-methyl/N-ethyl adjacent to an activating group) is 1. The average molecular weight is 293 g/mol. The third kappa shape index (κ3) is 1.86. The van der Waals surface area contributed by atoms with Gasteiger partial charge in [-0.2, -0.15) is 0 Å². The van der Waals surface area contributed by atoms with Gasteiger partial charge in [-0.25, -0.2) is 0 Å². The molecule has 2 aromatic carbocycles. The lowest BCUT2D eigenvalue weighted by Gasteiger charge is -2.28. The van der Waals surface area contributed by atoms with E-state index >= 15 is 0 Å². The highest BCUT2D eigenvalue weighted by Crippen LogP contribution is 2.49. The van der Waals surface area contributed by atoms with E-state index in [9.17, 15) is 4.79 Å². The number of carbonyl (C=O) groups excluding carboxylic acids is 1. The molecule has 112 valence electrons. The van der Waals surface area contributed by atoms with Crippen LogP contribution in [-0.4, -0.2) is 20.1 Å². The summed E-state index contributed by atoms with van der Waals surface area (Å²) in [6, 6.07) is 15.7. The van der Waals surface area contributed by atoms with E-state index in [0.717, 1.165) is 22.6 Å². The molecule has 3 rings (SSSR count). The number of anilines is 1. The fourth-order valence-electron chi connectivity index (χ4n) is 3.32. The lowest BCUT2D eigenvalue weighted by atomic mass is 9.73. The van der Waals surface area contributed by atoms with Gasteiger partial charge in [-0.15, -0.1) is 6.58 Å². The fourth-order valence-corrected chi connectivity index (χ4v) is 3.32. The zero-order chi connectivity index (χ0) is 15.7. The molecule has 1 unspecified atom stereocenters. The summed E-state index contributed by atoms with van der Waals surface area (Å²) in [7, 11) is 3.46. The number of hydrogen-bond acceptors (Lipinski definition) is 2. The maximum Gasteiger partial charge on any atom is 0.242 e. The Labute approximate surface area is 130 Å². The summed E-state index contributed by atoms with van der Waals surface area (Å²) in [5.74, 6) is 0.827. The first-order chi connectivity index (χ1) is 10.6. The van der Waals surface area contributed by atoms with Crippen molar-refractivity contribution in [1.82, 2.24) is 0 Å². The standard InChI is InChI=1S/C19H19NO2/c1-4-12-19(14-8-6-5-7-9-14)16-13-15(22-3)10-11-17(16)20(2)18(19)21/h4-11,13H,1,12H2,2-3H3. The van der Waals surface area contributed by atoms with Crippen LogP contribution < -0.4 is 9.64 Å². The van der Waals surface area contributed by atoms with E-state index in [1.54, 1.807) is 12.0 Å². The molecular weight excluding hydrogens is 274 g/mol. The molecular formula is C19H19NO2. The average Bonchev–Trinajstić information content (AvgIpc) is 2.78. The Kier molecular flexibility index (Phi) is 3.49. The monoisotopic (exact) mass is 293 g/mol. The van der Waals surface area contributed by atoms with Crippen molar-refractivity contribution in [3.05, 3.63) is 72.3 Å². The Bertz CT molecular complexity index is 723. The first-order valence-corrected chi connectivity index (χ1v) is 7.28. The maximum atomic E-state index is 13.1. The molecule has 2 aromatic rings. The van der Waals surface area contributed by atoms with E-state index in [-0.39, 0.29) is 5.91 Å². The normalized spacial score (nSPS) is 19.9. The molecule has 0 saturated heterocycles. The van der Waals surface area contributed by atoms with E-state index in [2.05, 4.69) is 6.58 Å². The summed E-state index contributed by atoms with van der Waals surface area (Å²) >= 11 is 0. The van der Waals surface area contributed by atoms with Crippen molar-refractivity contribution in [3.8, 4) is 5.75 Å². The van der Waals surface area contributed by atoms with Crippen LogP contribution >= 0.6 is 0 Å². The number of rotatable bonds is 4. The third-order valence-electron chi connectivity index (χ3n) is 4.41. The van der Waals surface area contributed by atoms with Crippen molar-refractivity contribution >= 4 is 11.6 Å². The Balaban J connectivity index is 2.31. The Morgan fingerprint density at radius 2 is 1.95 bits per heavy atom. The summed E-state index contributed by atoms with van der Waals surface area (Å²) in [5, 5.41) is 0. The minimum atomic E-state index is -0.721. The number of hydrogen-bond donors (Lipinski definition) is 0. The van der Waals surface area contributed by atoms with Crippen LogP contribution in [0.4, 0.5) is 5.69 Å². The van der Waals surface area contributed by atoms with Gasteiger partial charge in [-0.3, -0.25) is 4.79 Å². The van der Waals surface area contributed by atoms with Gasteiger partial charge in [0.05, 0.1) is 7.11 Å². The zero-order valence-corrected chi connectivity index (χ0v) is 12.9. The van der Waals surface area contributed by atoms with Crippen LogP contribution in [0.25, 0.3) is 0 Å². The molecule has 0 saturated carbocycles. The van der Waals surface area contributed by atoms with Crippen molar-refractivity contribution in [2.75, 3.05) is 19.1 Å². The molecule has 0 N–H and O–H groups in total. The predicted molar refractivity (Wildman–Crippen MR) is 88.4 cm³/mol. The first-order valence-electron chi connectivity index (χ1n) is 7.28. The molecule has 0 aromatic heterocycles. The van der Waals surface area contributed by atoms with Crippen LogP contribution in [0.2, 0.25) is 0 Å². The molecule has 22 heavy (non-hydrogen) atoms. The highest BCUT2D eigenvalue weighted by Gasteiger charge is 2.50. The number of amides is 1. The molecule has 0 bridgehead atoms. The minimum absolute atomic E-state index is 0.0712. The number of carbonyl (C=O) groups is 1. The highest BCUT2D eigenvalue weighted by atomic mass is 16.5. The molecule has 0 aliphatic carbocycles. The second-order valence-electron chi connectivity index (χ2n) is 5.51. The smallest absolute Gasteiger partial charge is 0.242 e. The van der Waals surface area contributed by atoms with Gasteiger partial charge in [0, 0.05) is 12.7 Å². The van der Waals surface area contributed by atoms with Gasteiger partial charge in [0.1, 0.15) is 11.2 Å². The quantitative estimate of drug-likeness (QED) is 0.807. The molecule has 3 nitrogen and oxygen atoms in total. The Morgan fingerprint density at radius 3 is 2.59 bits per heavy atom. The second kappa shape index (κ2) is 5.34. The van der Waals surface area contributed by atoms with E-state index in [1.165, 1.54) is 0 Å². The van der Waals surface area contributed by atoms with Crippen LogP contribution in [0.5, 0.6) is 5.75 Å². The van der Waals surface area contributed by atoms with Gasteiger partial charge >= 0.3 is 0 Å². The molecule has 0 fully saturated rings. The summed E-state index contributed by atoms with van der Waals surface area (Å²) < 4.78 is 5.36. The largest absolute Gasteiger partial charge is 0.497 e. The summed E-state index contributed by atoms with van der Waals surface area (Å²) in [5.41, 5.74) is 2.17. The lowest BCUT2D eigenvalue weighted by Crippen LogP contribution is -2.39. The maximum absolute atomic E-state index is 13.1. The third-order valence-corrected chi connectivity index (χ3v) is 4.41. The van der Waals surface area contributed by atoms with Crippen molar-refractivity contribution in [2.24, 2.45) is 0 Å². The number of allylic oxidation sites excluding steroid dienone is 1. The molecule has 1 aliphatic rings. The second-order valence-corrected chi connectivity index (χ2v) is 5.51.